The Morgan fingerprint density at radius 2 is 2.10 bits per heavy atom. The molecule has 4 heteroatoms. The summed E-state index contributed by atoms with van der Waals surface area (Å²) in [7, 11) is 0. The first kappa shape index (κ1) is 12.9. The highest BCUT2D eigenvalue weighted by atomic mass is 16.1. The van der Waals surface area contributed by atoms with Gasteiger partial charge in [0.05, 0.1) is 11.1 Å². The molecular formula is C16H19N3O. The van der Waals surface area contributed by atoms with Crippen molar-refractivity contribution in [1.29, 1.82) is 0 Å². The molecule has 20 heavy (non-hydrogen) atoms. The Balaban J connectivity index is 2.33. The number of nitrogen functional groups attached to an aromatic ring is 1. The first-order chi connectivity index (χ1) is 9.39. The second kappa shape index (κ2) is 4.20. The molecule has 1 aromatic carbocycles. The third-order valence-corrected chi connectivity index (χ3v) is 4.20. The van der Waals surface area contributed by atoms with Gasteiger partial charge in [0, 0.05) is 16.8 Å². The Labute approximate surface area is 118 Å². The third-order valence-electron chi connectivity index (χ3n) is 4.20. The van der Waals surface area contributed by atoms with Crippen LogP contribution in [0, 0.1) is 5.41 Å². The van der Waals surface area contributed by atoms with Crippen LogP contribution in [0.1, 0.15) is 41.9 Å². The van der Waals surface area contributed by atoms with Gasteiger partial charge < -0.3 is 11.5 Å². The van der Waals surface area contributed by atoms with E-state index in [-0.39, 0.29) is 5.41 Å². The smallest absolute Gasteiger partial charge is 0.249 e. The van der Waals surface area contributed by atoms with Crippen molar-refractivity contribution in [2.45, 2.75) is 33.1 Å². The van der Waals surface area contributed by atoms with Crippen LogP contribution in [-0.4, -0.2) is 10.9 Å². The standard InChI is InChI=1S/C16H19N3O/c1-16(2)7-6-11-10(8-16)14(17)13-9(15(18)20)4-3-5-12(13)19-11/h3-5H,6-8H2,1-2H3,(H2,17,19)(H2,18,20). The van der Waals surface area contributed by atoms with Crippen LogP contribution < -0.4 is 11.5 Å². The molecular weight excluding hydrogens is 250 g/mol. The maximum absolute atomic E-state index is 11.6. The van der Waals surface area contributed by atoms with Gasteiger partial charge in [-0.2, -0.15) is 0 Å². The lowest BCUT2D eigenvalue weighted by atomic mass is 9.75. The molecule has 3 rings (SSSR count). The number of primary amides is 1. The molecule has 0 unspecified atom stereocenters. The van der Waals surface area contributed by atoms with Crippen molar-refractivity contribution in [2.75, 3.05) is 5.73 Å². The minimum absolute atomic E-state index is 0.220. The highest BCUT2D eigenvalue weighted by molar-refractivity contribution is 6.10. The largest absolute Gasteiger partial charge is 0.398 e. The molecule has 0 fully saturated rings. The van der Waals surface area contributed by atoms with Crippen LogP contribution in [0.3, 0.4) is 0 Å². The Kier molecular flexibility index (Phi) is 2.71. The number of amides is 1. The summed E-state index contributed by atoms with van der Waals surface area (Å²) in [5, 5.41) is 0.705. The van der Waals surface area contributed by atoms with E-state index in [4.69, 9.17) is 16.5 Å². The predicted molar refractivity (Wildman–Crippen MR) is 80.5 cm³/mol. The zero-order valence-corrected chi connectivity index (χ0v) is 11.9. The molecule has 0 atom stereocenters. The number of carbonyl (C=O) groups is 1. The Hall–Kier alpha value is -2.10. The summed E-state index contributed by atoms with van der Waals surface area (Å²) in [6, 6.07) is 5.40. The van der Waals surface area contributed by atoms with Crippen LogP contribution in [0.4, 0.5) is 5.69 Å². The molecule has 0 saturated carbocycles. The van der Waals surface area contributed by atoms with Crippen molar-refractivity contribution < 1.29 is 4.79 Å². The van der Waals surface area contributed by atoms with Crippen molar-refractivity contribution in [3.8, 4) is 0 Å². The first-order valence-electron chi connectivity index (χ1n) is 6.89. The Morgan fingerprint density at radius 1 is 1.35 bits per heavy atom. The molecule has 104 valence electrons. The van der Waals surface area contributed by atoms with E-state index in [1.54, 1.807) is 12.1 Å². The van der Waals surface area contributed by atoms with Gasteiger partial charge >= 0.3 is 0 Å². The summed E-state index contributed by atoms with van der Waals surface area (Å²) in [5.74, 6) is -0.459. The fraction of sp³-hybridized carbons (Fsp3) is 0.375. The number of nitrogens with zero attached hydrogens (tertiary/aromatic N) is 1. The number of fused-ring (bicyclic) bond motifs is 2. The maximum Gasteiger partial charge on any atom is 0.249 e. The summed E-state index contributed by atoms with van der Waals surface area (Å²) in [4.78, 5) is 16.3. The van der Waals surface area contributed by atoms with Crippen molar-refractivity contribution in [3.05, 3.63) is 35.0 Å². The Morgan fingerprint density at radius 3 is 2.80 bits per heavy atom. The number of aromatic nitrogens is 1. The summed E-state index contributed by atoms with van der Waals surface area (Å²) in [6.45, 7) is 4.47. The fourth-order valence-corrected chi connectivity index (χ4v) is 3.07. The van der Waals surface area contributed by atoms with E-state index in [1.807, 2.05) is 6.07 Å². The number of rotatable bonds is 1. The average molecular weight is 269 g/mol. The van der Waals surface area contributed by atoms with Gasteiger partial charge in [-0.25, -0.2) is 0 Å². The second-order valence-corrected chi connectivity index (χ2v) is 6.36. The van der Waals surface area contributed by atoms with Gasteiger partial charge in [0.2, 0.25) is 5.91 Å². The van der Waals surface area contributed by atoms with E-state index in [0.29, 0.717) is 16.6 Å². The molecule has 4 N–H and O–H groups in total. The number of hydrogen-bond acceptors (Lipinski definition) is 3. The molecule has 4 nitrogen and oxygen atoms in total. The van der Waals surface area contributed by atoms with E-state index in [0.717, 1.165) is 36.0 Å². The van der Waals surface area contributed by atoms with Crippen LogP contribution in [0.15, 0.2) is 18.2 Å². The van der Waals surface area contributed by atoms with Gasteiger partial charge in [-0.05, 0) is 42.4 Å². The molecule has 0 spiro atoms. The van der Waals surface area contributed by atoms with E-state index in [9.17, 15) is 4.79 Å². The number of hydrogen-bond donors (Lipinski definition) is 2. The van der Waals surface area contributed by atoms with E-state index < -0.39 is 5.91 Å². The lowest BCUT2D eigenvalue weighted by molar-refractivity contribution is 0.100. The molecule has 1 aliphatic rings. The number of nitrogens with two attached hydrogens (primary N) is 2. The number of benzene rings is 1. The molecule has 0 bridgehead atoms. The molecule has 0 radical (unpaired) electrons. The van der Waals surface area contributed by atoms with Crippen molar-refractivity contribution in [1.82, 2.24) is 4.98 Å². The van der Waals surface area contributed by atoms with Gasteiger partial charge in [0.25, 0.3) is 0 Å². The number of carbonyl (C=O) groups excluding carboxylic acids is 1. The SMILES string of the molecule is CC1(C)CCc2nc3cccc(C(N)=O)c3c(N)c2C1. The zero-order valence-electron chi connectivity index (χ0n) is 11.9. The molecule has 1 heterocycles. The molecule has 0 aliphatic heterocycles. The zero-order chi connectivity index (χ0) is 14.5. The lowest BCUT2D eigenvalue weighted by Gasteiger charge is -2.32. The molecule has 0 saturated heterocycles. The topological polar surface area (TPSA) is 82.0 Å². The van der Waals surface area contributed by atoms with Crippen molar-refractivity contribution >= 4 is 22.5 Å². The minimum atomic E-state index is -0.459. The highest BCUT2D eigenvalue weighted by Crippen LogP contribution is 2.39. The van der Waals surface area contributed by atoms with E-state index in [1.165, 1.54) is 0 Å². The molecule has 1 aromatic heterocycles. The predicted octanol–water partition coefficient (Wildman–Crippen LogP) is 2.43. The van der Waals surface area contributed by atoms with E-state index >= 15 is 0 Å². The third kappa shape index (κ3) is 1.92. The van der Waals surface area contributed by atoms with Crippen molar-refractivity contribution in [3.63, 3.8) is 0 Å². The molecule has 2 aromatic rings. The van der Waals surface area contributed by atoms with E-state index in [2.05, 4.69) is 13.8 Å². The summed E-state index contributed by atoms with van der Waals surface area (Å²) < 4.78 is 0. The van der Waals surface area contributed by atoms with Crippen LogP contribution in [0.25, 0.3) is 10.9 Å². The maximum atomic E-state index is 11.6. The van der Waals surface area contributed by atoms with Gasteiger partial charge in [-0.15, -0.1) is 0 Å². The van der Waals surface area contributed by atoms with Gasteiger partial charge in [-0.1, -0.05) is 19.9 Å². The van der Waals surface area contributed by atoms with Crippen LogP contribution in [0.2, 0.25) is 0 Å². The number of aryl methyl sites for hydroxylation is 1. The Bertz CT molecular complexity index is 719. The van der Waals surface area contributed by atoms with Crippen LogP contribution >= 0.6 is 0 Å². The number of pyridine rings is 1. The van der Waals surface area contributed by atoms with Crippen LogP contribution in [-0.2, 0) is 12.8 Å². The lowest BCUT2D eigenvalue weighted by Crippen LogP contribution is -2.24. The van der Waals surface area contributed by atoms with Gasteiger partial charge in [0.1, 0.15) is 0 Å². The molecule has 1 aliphatic carbocycles. The summed E-state index contributed by atoms with van der Waals surface area (Å²) in [6.07, 6.45) is 2.93. The van der Waals surface area contributed by atoms with Gasteiger partial charge in [-0.3, -0.25) is 9.78 Å². The normalized spacial score (nSPS) is 16.9. The van der Waals surface area contributed by atoms with Crippen molar-refractivity contribution in [2.24, 2.45) is 11.1 Å². The average Bonchev–Trinajstić information content (AvgIpc) is 2.38. The summed E-state index contributed by atoms with van der Waals surface area (Å²) in [5.41, 5.74) is 16.1. The number of anilines is 1. The second-order valence-electron chi connectivity index (χ2n) is 6.36. The summed E-state index contributed by atoms with van der Waals surface area (Å²) >= 11 is 0. The van der Waals surface area contributed by atoms with Gasteiger partial charge in [0.15, 0.2) is 0 Å². The monoisotopic (exact) mass is 269 g/mol. The fourth-order valence-electron chi connectivity index (χ4n) is 3.07. The highest BCUT2D eigenvalue weighted by Gasteiger charge is 2.29. The first-order valence-corrected chi connectivity index (χ1v) is 6.89. The molecule has 1 amide bonds. The van der Waals surface area contributed by atoms with Crippen LogP contribution in [0.5, 0.6) is 0 Å². The quantitative estimate of drug-likeness (QED) is 0.834. The minimum Gasteiger partial charge on any atom is -0.398 e.